The summed E-state index contributed by atoms with van der Waals surface area (Å²) in [5.74, 6) is 0. The maximum atomic E-state index is 6.32. The van der Waals surface area contributed by atoms with Crippen LogP contribution in [0.4, 0.5) is 0 Å². The third-order valence-electron chi connectivity index (χ3n) is 3.24. The minimum absolute atomic E-state index is 0.150. The summed E-state index contributed by atoms with van der Waals surface area (Å²) in [6.45, 7) is 2.06. The number of nitrogens with zero attached hydrogens (tertiary/aromatic N) is 2. The van der Waals surface area contributed by atoms with Crippen molar-refractivity contribution in [3.63, 3.8) is 0 Å². The van der Waals surface area contributed by atoms with Crippen LogP contribution in [0.3, 0.4) is 0 Å². The Bertz CT molecular complexity index is 671. The quantitative estimate of drug-likeness (QED) is 0.744. The van der Waals surface area contributed by atoms with Gasteiger partial charge in [0.1, 0.15) is 5.65 Å². The van der Waals surface area contributed by atoms with Gasteiger partial charge in [-0.3, -0.25) is 0 Å². The normalized spacial score (nSPS) is 12.8. The molecule has 3 nitrogen and oxygen atoms in total. The van der Waals surface area contributed by atoms with E-state index in [2.05, 4.69) is 22.4 Å². The third-order valence-corrected chi connectivity index (χ3v) is 3.24. The largest absolute Gasteiger partial charge is 0.319 e. The molecule has 2 aromatic heterocycles. The summed E-state index contributed by atoms with van der Waals surface area (Å²) in [4.78, 5) is 4.45. The molecular formula is C15H15N3. The van der Waals surface area contributed by atoms with E-state index in [4.69, 9.17) is 5.73 Å². The monoisotopic (exact) mass is 237 g/mol. The molecule has 0 saturated carbocycles. The lowest BCUT2D eigenvalue weighted by molar-refractivity contribution is 0.814. The van der Waals surface area contributed by atoms with Gasteiger partial charge in [0, 0.05) is 6.20 Å². The van der Waals surface area contributed by atoms with Gasteiger partial charge in [-0.1, -0.05) is 36.4 Å². The van der Waals surface area contributed by atoms with Crippen molar-refractivity contribution in [2.45, 2.75) is 13.0 Å². The van der Waals surface area contributed by atoms with Gasteiger partial charge in [-0.25, -0.2) is 4.98 Å². The molecule has 2 heterocycles. The van der Waals surface area contributed by atoms with Crippen molar-refractivity contribution in [3.8, 4) is 0 Å². The Morgan fingerprint density at radius 3 is 2.67 bits per heavy atom. The van der Waals surface area contributed by atoms with Crippen molar-refractivity contribution in [1.29, 1.82) is 0 Å². The number of benzene rings is 1. The minimum atomic E-state index is -0.150. The molecule has 0 aliphatic heterocycles. The fourth-order valence-electron chi connectivity index (χ4n) is 2.23. The van der Waals surface area contributed by atoms with Crippen LogP contribution in [0, 0.1) is 6.92 Å². The Kier molecular flexibility index (Phi) is 2.61. The standard InChI is InChI=1S/C15H15N3/c1-11-6-5-9-18-13(10-17-15(11)18)14(16)12-7-3-2-4-8-12/h2-10,14H,16H2,1H3. The van der Waals surface area contributed by atoms with Crippen LogP contribution < -0.4 is 5.73 Å². The van der Waals surface area contributed by atoms with Gasteiger partial charge in [-0.15, -0.1) is 0 Å². The van der Waals surface area contributed by atoms with Crippen LogP contribution in [0.5, 0.6) is 0 Å². The number of hydrogen-bond donors (Lipinski definition) is 1. The van der Waals surface area contributed by atoms with Crippen molar-refractivity contribution in [1.82, 2.24) is 9.38 Å². The van der Waals surface area contributed by atoms with Crippen LogP contribution in [-0.4, -0.2) is 9.38 Å². The first-order valence-corrected chi connectivity index (χ1v) is 6.00. The van der Waals surface area contributed by atoms with E-state index in [0.29, 0.717) is 0 Å². The second kappa shape index (κ2) is 4.27. The molecule has 90 valence electrons. The van der Waals surface area contributed by atoms with E-state index in [1.54, 1.807) is 0 Å². The molecular weight excluding hydrogens is 222 g/mol. The summed E-state index contributed by atoms with van der Waals surface area (Å²) in [5.41, 5.74) is 10.6. The lowest BCUT2D eigenvalue weighted by Crippen LogP contribution is -2.13. The number of aromatic nitrogens is 2. The first-order chi connectivity index (χ1) is 8.77. The first-order valence-electron chi connectivity index (χ1n) is 6.00. The molecule has 3 rings (SSSR count). The van der Waals surface area contributed by atoms with Gasteiger partial charge in [0.2, 0.25) is 0 Å². The average molecular weight is 237 g/mol. The lowest BCUT2D eigenvalue weighted by Gasteiger charge is -2.12. The maximum absolute atomic E-state index is 6.32. The zero-order valence-corrected chi connectivity index (χ0v) is 10.2. The predicted octanol–water partition coefficient (Wildman–Crippen LogP) is 2.69. The van der Waals surface area contributed by atoms with Gasteiger partial charge in [0.05, 0.1) is 17.9 Å². The second-order valence-electron chi connectivity index (χ2n) is 4.46. The van der Waals surface area contributed by atoms with E-state index >= 15 is 0 Å². The summed E-state index contributed by atoms with van der Waals surface area (Å²) < 4.78 is 2.06. The first kappa shape index (κ1) is 11.0. The molecule has 0 spiro atoms. The van der Waals surface area contributed by atoms with E-state index in [1.165, 1.54) is 0 Å². The van der Waals surface area contributed by atoms with Gasteiger partial charge in [-0.05, 0) is 24.1 Å². The van der Waals surface area contributed by atoms with Gasteiger partial charge >= 0.3 is 0 Å². The summed E-state index contributed by atoms with van der Waals surface area (Å²) >= 11 is 0. The molecule has 3 aromatic rings. The average Bonchev–Trinajstić information content (AvgIpc) is 2.84. The summed E-state index contributed by atoms with van der Waals surface area (Å²) in [7, 11) is 0. The maximum Gasteiger partial charge on any atom is 0.139 e. The fraction of sp³-hybridized carbons (Fsp3) is 0.133. The zero-order chi connectivity index (χ0) is 12.5. The molecule has 0 aliphatic carbocycles. The third kappa shape index (κ3) is 1.69. The van der Waals surface area contributed by atoms with Crippen molar-refractivity contribution in [2.24, 2.45) is 5.73 Å². The molecule has 3 heteroatoms. The minimum Gasteiger partial charge on any atom is -0.319 e. The van der Waals surface area contributed by atoms with Gasteiger partial charge in [0.25, 0.3) is 0 Å². The highest BCUT2D eigenvalue weighted by atomic mass is 15.0. The molecule has 0 aliphatic rings. The van der Waals surface area contributed by atoms with Crippen molar-refractivity contribution in [3.05, 3.63) is 71.7 Å². The zero-order valence-electron chi connectivity index (χ0n) is 10.2. The fourth-order valence-corrected chi connectivity index (χ4v) is 2.23. The highest BCUT2D eigenvalue weighted by Crippen LogP contribution is 2.21. The molecule has 0 radical (unpaired) electrons. The molecule has 1 atom stereocenters. The van der Waals surface area contributed by atoms with Crippen LogP contribution in [-0.2, 0) is 0 Å². The lowest BCUT2D eigenvalue weighted by atomic mass is 10.1. The van der Waals surface area contributed by atoms with Crippen molar-refractivity contribution in [2.75, 3.05) is 0 Å². The summed E-state index contributed by atoms with van der Waals surface area (Å²) in [6, 6.07) is 14.0. The Labute approximate surface area is 106 Å². The van der Waals surface area contributed by atoms with E-state index in [9.17, 15) is 0 Å². The molecule has 0 saturated heterocycles. The van der Waals surface area contributed by atoms with E-state index in [-0.39, 0.29) is 6.04 Å². The van der Waals surface area contributed by atoms with Crippen molar-refractivity contribution < 1.29 is 0 Å². The molecule has 0 bridgehead atoms. The molecule has 2 N–H and O–H groups in total. The highest BCUT2D eigenvalue weighted by Gasteiger charge is 2.13. The molecule has 18 heavy (non-hydrogen) atoms. The molecule has 0 fully saturated rings. The van der Waals surface area contributed by atoms with Crippen LogP contribution in [0.25, 0.3) is 5.65 Å². The number of hydrogen-bond acceptors (Lipinski definition) is 2. The smallest absolute Gasteiger partial charge is 0.139 e. The van der Waals surface area contributed by atoms with Crippen LogP contribution in [0.1, 0.15) is 22.9 Å². The summed E-state index contributed by atoms with van der Waals surface area (Å²) in [5, 5.41) is 0. The molecule has 1 aromatic carbocycles. The van der Waals surface area contributed by atoms with Crippen LogP contribution in [0.2, 0.25) is 0 Å². The van der Waals surface area contributed by atoms with Crippen LogP contribution in [0.15, 0.2) is 54.9 Å². The SMILES string of the molecule is Cc1cccn2c(C(N)c3ccccc3)cnc12. The number of nitrogens with two attached hydrogens (primary N) is 1. The van der Waals surface area contributed by atoms with Gasteiger partial charge < -0.3 is 10.1 Å². The predicted molar refractivity (Wildman–Crippen MR) is 72.4 cm³/mol. The summed E-state index contributed by atoms with van der Waals surface area (Å²) in [6.07, 6.45) is 3.87. The Balaban J connectivity index is 2.13. The number of rotatable bonds is 2. The van der Waals surface area contributed by atoms with Crippen molar-refractivity contribution >= 4 is 5.65 Å². The Hall–Kier alpha value is -2.13. The number of fused-ring (bicyclic) bond motifs is 1. The van der Waals surface area contributed by atoms with E-state index in [0.717, 1.165) is 22.5 Å². The highest BCUT2D eigenvalue weighted by molar-refractivity contribution is 5.49. The number of aryl methyl sites for hydroxylation is 1. The molecule has 0 amide bonds. The Morgan fingerprint density at radius 2 is 1.89 bits per heavy atom. The van der Waals surface area contributed by atoms with Crippen LogP contribution >= 0.6 is 0 Å². The van der Waals surface area contributed by atoms with E-state index < -0.39 is 0 Å². The second-order valence-corrected chi connectivity index (χ2v) is 4.46. The van der Waals surface area contributed by atoms with Gasteiger partial charge in [-0.2, -0.15) is 0 Å². The number of pyridine rings is 1. The van der Waals surface area contributed by atoms with Gasteiger partial charge in [0.15, 0.2) is 0 Å². The molecule has 1 unspecified atom stereocenters. The Morgan fingerprint density at radius 1 is 1.11 bits per heavy atom. The van der Waals surface area contributed by atoms with E-state index in [1.807, 2.05) is 48.8 Å². The number of imidazole rings is 1. The topological polar surface area (TPSA) is 43.3 Å².